The monoisotopic (exact) mass is 521 g/mol. The highest BCUT2D eigenvalue weighted by atomic mass is 32.2. The van der Waals surface area contributed by atoms with E-state index >= 15 is 0 Å². The smallest absolute Gasteiger partial charge is 0.281 e. The third-order valence-electron chi connectivity index (χ3n) is 7.22. The Balaban J connectivity index is 1.54. The van der Waals surface area contributed by atoms with Crippen LogP contribution in [-0.4, -0.2) is 36.4 Å². The molecule has 3 aromatic rings. The quantitative estimate of drug-likeness (QED) is 0.456. The molecule has 0 saturated carbocycles. The molecule has 2 N–H and O–H groups in total. The molecule has 0 bridgehead atoms. The maximum absolute atomic E-state index is 13.2. The Labute approximate surface area is 219 Å². The summed E-state index contributed by atoms with van der Waals surface area (Å²) in [4.78, 5) is 24.0. The van der Waals surface area contributed by atoms with Gasteiger partial charge in [-0.1, -0.05) is 45.9 Å². The van der Waals surface area contributed by atoms with Crippen molar-refractivity contribution >= 4 is 33.3 Å². The molecule has 1 amide bonds. The van der Waals surface area contributed by atoms with Crippen molar-refractivity contribution < 1.29 is 13.2 Å². The van der Waals surface area contributed by atoms with Gasteiger partial charge in [0.15, 0.2) is 5.03 Å². The topological polar surface area (TPSA) is 104 Å². The molecule has 1 aliphatic rings. The second-order valence-electron chi connectivity index (χ2n) is 11.1. The Hall–Kier alpha value is -3.46. The van der Waals surface area contributed by atoms with Crippen molar-refractivity contribution in [1.82, 2.24) is 14.7 Å². The number of anilines is 3. The molecule has 196 valence electrons. The zero-order valence-electron chi connectivity index (χ0n) is 22.2. The van der Waals surface area contributed by atoms with Crippen LogP contribution < -0.4 is 14.9 Å². The molecule has 9 heteroatoms. The van der Waals surface area contributed by atoms with E-state index < -0.39 is 15.9 Å². The van der Waals surface area contributed by atoms with Crippen LogP contribution in [0.5, 0.6) is 0 Å². The molecule has 1 saturated heterocycles. The number of hydrogen-bond donors (Lipinski definition) is 2. The number of rotatable bonds is 6. The van der Waals surface area contributed by atoms with E-state index in [4.69, 9.17) is 0 Å². The van der Waals surface area contributed by atoms with Crippen LogP contribution in [0.15, 0.2) is 65.8 Å². The average Bonchev–Trinajstić information content (AvgIpc) is 3.10. The van der Waals surface area contributed by atoms with Gasteiger partial charge in [0.05, 0.1) is 5.56 Å². The van der Waals surface area contributed by atoms with Crippen molar-refractivity contribution in [2.24, 2.45) is 5.92 Å². The molecule has 37 heavy (non-hydrogen) atoms. The third-order valence-corrected chi connectivity index (χ3v) is 8.46. The highest BCUT2D eigenvalue weighted by molar-refractivity contribution is 7.90. The normalized spacial score (nSPS) is 17.5. The lowest BCUT2D eigenvalue weighted by Crippen LogP contribution is -2.43. The van der Waals surface area contributed by atoms with Crippen molar-refractivity contribution in [3.63, 3.8) is 0 Å². The number of pyridine rings is 2. The molecule has 0 aliphatic carbocycles. The van der Waals surface area contributed by atoms with E-state index in [1.165, 1.54) is 11.6 Å². The van der Waals surface area contributed by atoms with Gasteiger partial charge >= 0.3 is 0 Å². The van der Waals surface area contributed by atoms with Gasteiger partial charge < -0.3 is 10.2 Å². The van der Waals surface area contributed by atoms with E-state index in [1.54, 1.807) is 30.5 Å². The highest BCUT2D eigenvalue weighted by Gasteiger charge is 2.40. The number of nitrogens with zero attached hydrogens (tertiary/aromatic N) is 3. The second-order valence-corrected chi connectivity index (χ2v) is 12.7. The van der Waals surface area contributed by atoms with Crippen LogP contribution in [0.2, 0.25) is 0 Å². The van der Waals surface area contributed by atoms with Gasteiger partial charge in [-0.2, -0.15) is 8.42 Å². The lowest BCUT2D eigenvalue weighted by molar-refractivity contribution is 0.0981. The number of aromatic nitrogens is 2. The van der Waals surface area contributed by atoms with Crippen LogP contribution >= 0.6 is 0 Å². The Bertz CT molecular complexity index is 1400. The van der Waals surface area contributed by atoms with Crippen molar-refractivity contribution in [3.05, 3.63) is 71.9 Å². The fourth-order valence-electron chi connectivity index (χ4n) is 4.46. The summed E-state index contributed by atoms with van der Waals surface area (Å²) in [5.41, 5.74) is 1.99. The molecule has 1 aromatic carbocycles. The predicted octanol–water partition coefficient (Wildman–Crippen LogP) is 5.26. The zero-order chi connectivity index (χ0) is 27.0. The van der Waals surface area contributed by atoms with Crippen LogP contribution in [0.3, 0.4) is 0 Å². The molecule has 8 nitrogen and oxygen atoms in total. The Morgan fingerprint density at radius 2 is 1.76 bits per heavy atom. The molecule has 1 aliphatic heterocycles. The summed E-state index contributed by atoms with van der Waals surface area (Å²) >= 11 is 0. The molecule has 4 rings (SSSR count). The molecule has 0 radical (unpaired) electrons. The van der Waals surface area contributed by atoms with Crippen molar-refractivity contribution in [2.75, 3.05) is 16.8 Å². The van der Waals surface area contributed by atoms with Gasteiger partial charge in [-0.05, 0) is 73.6 Å². The Kier molecular flexibility index (Phi) is 7.03. The lowest BCUT2D eigenvalue weighted by atomic mass is 9.87. The maximum atomic E-state index is 13.2. The van der Waals surface area contributed by atoms with Crippen LogP contribution in [0.1, 0.15) is 63.9 Å². The fourth-order valence-corrected chi connectivity index (χ4v) is 5.40. The first-order chi connectivity index (χ1) is 17.3. The first-order valence-corrected chi connectivity index (χ1v) is 13.9. The first-order valence-electron chi connectivity index (χ1n) is 12.4. The van der Waals surface area contributed by atoms with Gasteiger partial charge in [-0.15, -0.1) is 0 Å². The minimum absolute atomic E-state index is 0.0277. The zero-order valence-corrected chi connectivity index (χ0v) is 23.1. The number of carbonyl (C=O) groups is 1. The lowest BCUT2D eigenvalue weighted by Gasteiger charge is -2.36. The summed E-state index contributed by atoms with van der Waals surface area (Å²) in [5.74, 6) is 0.495. The fraction of sp³-hybridized carbons (Fsp3) is 0.393. The minimum Gasteiger partial charge on any atom is -0.351 e. The van der Waals surface area contributed by atoms with Gasteiger partial charge in [-0.25, -0.2) is 14.7 Å². The van der Waals surface area contributed by atoms with E-state index in [-0.39, 0.29) is 21.5 Å². The molecule has 0 spiro atoms. The van der Waals surface area contributed by atoms with E-state index in [0.717, 1.165) is 18.7 Å². The number of sulfonamides is 1. The minimum atomic E-state index is -4.23. The second kappa shape index (κ2) is 9.78. The third kappa shape index (κ3) is 5.61. The molecule has 2 aromatic heterocycles. The molecular weight excluding hydrogens is 486 g/mol. The summed E-state index contributed by atoms with van der Waals surface area (Å²) in [7, 11) is -4.23. The maximum Gasteiger partial charge on any atom is 0.281 e. The van der Waals surface area contributed by atoms with Gasteiger partial charge in [0.1, 0.15) is 11.6 Å². The summed E-state index contributed by atoms with van der Waals surface area (Å²) in [5, 5.41) is 2.88. The van der Waals surface area contributed by atoms with Crippen molar-refractivity contribution in [1.29, 1.82) is 0 Å². The van der Waals surface area contributed by atoms with Gasteiger partial charge in [0, 0.05) is 24.0 Å². The Morgan fingerprint density at radius 3 is 2.38 bits per heavy atom. The standard InChI is InChI=1S/C28H35N5O3S/c1-19-16-18-33(28(19,5)6)25-22(9-8-17-29-25)26(34)32-37(35,36)24-11-7-10-23(31-24)30-21-14-12-20(13-15-21)27(2,3)4/h7-15,17,19H,16,18H2,1-6H3,(H,30,31)(H,32,34). The number of amides is 1. The number of hydrogen-bond acceptors (Lipinski definition) is 7. The summed E-state index contributed by atoms with van der Waals surface area (Å²) in [6.07, 6.45) is 2.58. The highest BCUT2D eigenvalue weighted by Crippen LogP contribution is 2.38. The molecule has 1 unspecified atom stereocenters. The van der Waals surface area contributed by atoms with Crippen LogP contribution in [0.25, 0.3) is 0 Å². The summed E-state index contributed by atoms with van der Waals surface area (Å²) in [6.45, 7) is 13.5. The van der Waals surface area contributed by atoms with Crippen LogP contribution in [0, 0.1) is 5.92 Å². The van der Waals surface area contributed by atoms with Crippen molar-refractivity contribution in [3.8, 4) is 0 Å². The van der Waals surface area contributed by atoms with E-state index in [2.05, 4.69) is 66.4 Å². The number of carbonyl (C=O) groups excluding carboxylic acids is 1. The Morgan fingerprint density at radius 1 is 1.05 bits per heavy atom. The van der Waals surface area contributed by atoms with Gasteiger partial charge in [0.25, 0.3) is 15.9 Å². The summed E-state index contributed by atoms with van der Waals surface area (Å²) < 4.78 is 28.4. The van der Waals surface area contributed by atoms with Crippen LogP contribution in [0.4, 0.5) is 17.3 Å². The van der Waals surface area contributed by atoms with Crippen LogP contribution in [-0.2, 0) is 15.4 Å². The molecular formula is C28H35N5O3S. The first kappa shape index (κ1) is 26.6. The predicted molar refractivity (Wildman–Crippen MR) is 147 cm³/mol. The molecule has 1 atom stereocenters. The number of benzene rings is 1. The largest absolute Gasteiger partial charge is 0.351 e. The van der Waals surface area contributed by atoms with Gasteiger partial charge in [0.2, 0.25) is 0 Å². The number of nitrogens with one attached hydrogen (secondary N) is 2. The molecule has 1 fully saturated rings. The van der Waals surface area contributed by atoms with Gasteiger partial charge in [-0.3, -0.25) is 4.79 Å². The SMILES string of the molecule is CC1CCN(c2ncccc2C(=O)NS(=O)(=O)c2cccc(Nc3ccc(C(C)(C)C)cc3)n2)C1(C)C. The van der Waals surface area contributed by atoms with E-state index in [9.17, 15) is 13.2 Å². The summed E-state index contributed by atoms with van der Waals surface area (Å²) in [6, 6.07) is 15.7. The van der Waals surface area contributed by atoms with Crippen molar-refractivity contribution in [2.45, 2.75) is 63.9 Å². The average molecular weight is 522 g/mol. The molecule has 3 heterocycles. The van der Waals surface area contributed by atoms with E-state index in [1.807, 2.05) is 24.3 Å². The van der Waals surface area contributed by atoms with E-state index in [0.29, 0.717) is 17.6 Å².